The predicted octanol–water partition coefficient (Wildman–Crippen LogP) is 2.25. The van der Waals surface area contributed by atoms with Gasteiger partial charge in [-0.3, -0.25) is 9.59 Å². The Morgan fingerprint density at radius 3 is 3.04 bits per heavy atom. The number of aromatic nitrogens is 2. The number of amides is 2. The minimum atomic E-state index is -0.357. The predicted molar refractivity (Wildman–Crippen MR) is 94.3 cm³/mol. The van der Waals surface area contributed by atoms with Crippen molar-refractivity contribution in [1.29, 1.82) is 0 Å². The van der Waals surface area contributed by atoms with Crippen molar-refractivity contribution in [2.75, 3.05) is 6.54 Å². The molecule has 26 heavy (non-hydrogen) atoms. The molecular weight excluding hydrogens is 356 g/mol. The van der Waals surface area contributed by atoms with Crippen molar-refractivity contribution >= 4 is 29.1 Å². The number of carbonyl (C=O) groups is 2. The Balaban J connectivity index is 1.35. The fourth-order valence-corrected chi connectivity index (χ4v) is 3.28. The van der Waals surface area contributed by atoms with E-state index >= 15 is 0 Å². The second-order valence-electron chi connectivity index (χ2n) is 6.32. The average molecular weight is 373 g/mol. The highest BCUT2D eigenvalue weighted by atomic mass is 35.5. The molecule has 1 fully saturated rings. The van der Waals surface area contributed by atoms with E-state index in [0.29, 0.717) is 30.4 Å². The van der Waals surface area contributed by atoms with Gasteiger partial charge in [-0.25, -0.2) is 4.98 Å². The molecule has 0 bridgehead atoms. The number of nitrogens with one attached hydrogen (secondary N) is 1. The molecule has 1 N–H and O–H groups in total. The van der Waals surface area contributed by atoms with E-state index in [-0.39, 0.29) is 24.2 Å². The summed E-state index contributed by atoms with van der Waals surface area (Å²) in [6.45, 7) is 1.09. The Morgan fingerprint density at radius 1 is 1.35 bits per heavy atom. The number of carbonyl (C=O) groups excluding carboxylic acids is 2. The molecule has 1 aliphatic rings. The lowest BCUT2D eigenvalue weighted by Crippen LogP contribution is -2.32. The van der Waals surface area contributed by atoms with Crippen molar-refractivity contribution in [3.05, 3.63) is 59.4 Å². The molecule has 0 spiro atoms. The van der Waals surface area contributed by atoms with Gasteiger partial charge < -0.3 is 19.0 Å². The maximum absolute atomic E-state index is 12.4. The number of likely N-dealkylation sites (tertiary alicyclic amines) is 1. The number of hydrogen-bond donors (Lipinski definition) is 1. The molecule has 3 aromatic heterocycles. The van der Waals surface area contributed by atoms with Gasteiger partial charge in [0.25, 0.3) is 0 Å². The third-order valence-corrected chi connectivity index (χ3v) is 4.64. The molecule has 0 aliphatic carbocycles. The summed E-state index contributed by atoms with van der Waals surface area (Å²) in [5, 5.41) is 3.48. The zero-order valence-corrected chi connectivity index (χ0v) is 14.6. The normalized spacial score (nSPS) is 17.2. The molecule has 1 unspecified atom stereocenters. The number of rotatable bonds is 5. The molecule has 8 heteroatoms. The molecule has 4 heterocycles. The van der Waals surface area contributed by atoms with Crippen LogP contribution in [0.1, 0.15) is 17.9 Å². The molecule has 7 nitrogen and oxygen atoms in total. The summed E-state index contributed by atoms with van der Waals surface area (Å²) in [7, 11) is 0. The summed E-state index contributed by atoms with van der Waals surface area (Å²) >= 11 is 5.96. The molecule has 0 aromatic carbocycles. The minimum Gasteiger partial charge on any atom is -0.467 e. The first-order chi connectivity index (χ1) is 12.6. The van der Waals surface area contributed by atoms with E-state index in [1.807, 2.05) is 22.7 Å². The molecule has 1 aliphatic heterocycles. The lowest BCUT2D eigenvalue weighted by atomic mass is 10.1. The van der Waals surface area contributed by atoms with E-state index in [1.165, 1.54) is 0 Å². The first kappa shape index (κ1) is 16.7. The van der Waals surface area contributed by atoms with Gasteiger partial charge in [-0.2, -0.15) is 0 Å². The smallest absolute Gasteiger partial charge is 0.225 e. The first-order valence-corrected chi connectivity index (χ1v) is 8.67. The number of fused-ring (bicyclic) bond motifs is 1. The standard InChI is InChI=1S/C18H17ClN4O3/c19-13-3-4-16-21-14(10-22(16)9-13)7-20-18(25)12-6-17(24)23(8-12)11-15-2-1-5-26-15/h1-5,9-10,12H,6-8,11H2,(H,20,25). The SMILES string of the molecule is O=C(NCc1cn2cc(Cl)ccc2n1)C1CC(=O)N(Cc2ccco2)C1. The van der Waals surface area contributed by atoms with Crippen LogP contribution in [0, 0.1) is 5.92 Å². The quantitative estimate of drug-likeness (QED) is 0.745. The van der Waals surface area contributed by atoms with Crippen LogP contribution in [0.2, 0.25) is 5.02 Å². The summed E-state index contributed by atoms with van der Waals surface area (Å²) < 4.78 is 7.08. The number of furan rings is 1. The number of pyridine rings is 1. The Kier molecular flexibility index (Phi) is 4.38. The first-order valence-electron chi connectivity index (χ1n) is 8.29. The van der Waals surface area contributed by atoms with Gasteiger partial charge in [-0.1, -0.05) is 11.6 Å². The summed E-state index contributed by atoms with van der Waals surface area (Å²) in [5.41, 5.74) is 1.50. The van der Waals surface area contributed by atoms with Gasteiger partial charge in [0.15, 0.2) is 0 Å². The van der Waals surface area contributed by atoms with Gasteiger partial charge in [-0.05, 0) is 24.3 Å². The fourth-order valence-electron chi connectivity index (χ4n) is 3.12. The largest absolute Gasteiger partial charge is 0.467 e. The van der Waals surface area contributed by atoms with Crippen LogP contribution >= 0.6 is 11.6 Å². The molecule has 4 rings (SSSR count). The van der Waals surface area contributed by atoms with Gasteiger partial charge in [-0.15, -0.1) is 0 Å². The second kappa shape index (κ2) is 6.84. The van der Waals surface area contributed by atoms with Crippen molar-refractivity contribution in [3.63, 3.8) is 0 Å². The van der Waals surface area contributed by atoms with Crippen molar-refractivity contribution < 1.29 is 14.0 Å². The number of halogens is 1. The Hall–Kier alpha value is -2.80. The third-order valence-electron chi connectivity index (χ3n) is 4.42. The summed E-state index contributed by atoms with van der Waals surface area (Å²) in [4.78, 5) is 30.6. The average Bonchev–Trinajstić information content (AvgIpc) is 3.33. The summed E-state index contributed by atoms with van der Waals surface area (Å²) in [6, 6.07) is 7.18. The van der Waals surface area contributed by atoms with Gasteiger partial charge in [0.05, 0.1) is 36.0 Å². The minimum absolute atomic E-state index is 0.0380. The lowest BCUT2D eigenvalue weighted by Gasteiger charge is -2.14. The molecule has 2 amide bonds. The van der Waals surface area contributed by atoms with E-state index in [4.69, 9.17) is 16.0 Å². The highest BCUT2D eigenvalue weighted by molar-refractivity contribution is 6.30. The van der Waals surface area contributed by atoms with Crippen molar-refractivity contribution in [2.45, 2.75) is 19.5 Å². The zero-order valence-electron chi connectivity index (χ0n) is 13.9. The van der Waals surface area contributed by atoms with Gasteiger partial charge >= 0.3 is 0 Å². The van der Waals surface area contributed by atoms with E-state index in [1.54, 1.807) is 29.5 Å². The van der Waals surface area contributed by atoms with Crippen LogP contribution in [-0.4, -0.2) is 32.6 Å². The van der Waals surface area contributed by atoms with Crippen LogP contribution in [0.25, 0.3) is 5.65 Å². The number of nitrogens with zero attached hydrogens (tertiary/aromatic N) is 3. The van der Waals surface area contributed by atoms with E-state index < -0.39 is 0 Å². The maximum atomic E-state index is 12.4. The highest BCUT2D eigenvalue weighted by Crippen LogP contribution is 2.21. The van der Waals surface area contributed by atoms with Gasteiger partial charge in [0.2, 0.25) is 11.8 Å². The van der Waals surface area contributed by atoms with Crippen molar-refractivity contribution in [1.82, 2.24) is 19.6 Å². The third kappa shape index (κ3) is 3.43. The summed E-state index contributed by atoms with van der Waals surface area (Å²) in [6.07, 6.45) is 5.37. The fraction of sp³-hybridized carbons (Fsp3) is 0.278. The molecule has 1 atom stereocenters. The van der Waals surface area contributed by atoms with Gasteiger partial charge in [0.1, 0.15) is 11.4 Å². The number of hydrogen-bond acceptors (Lipinski definition) is 4. The lowest BCUT2D eigenvalue weighted by molar-refractivity contribution is -0.129. The monoisotopic (exact) mass is 372 g/mol. The molecule has 1 saturated heterocycles. The Bertz CT molecular complexity index is 951. The maximum Gasteiger partial charge on any atom is 0.225 e. The molecule has 0 saturated carbocycles. The zero-order chi connectivity index (χ0) is 18.1. The van der Waals surface area contributed by atoms with E-state index in [2.05, 4.69) is 10.3 Å². The second-order valence-corrected chi connectivity index (χ2v) is 6.75. The van der Waals surface area contributed by atoms with E-state index in [0.717, 1.165) is 11.3 Å². The highest BCUT2D eigenvalue weighted by Gasteiger charge is 2.34. The van der Waals surface area contributed by atoms with Crippen LogP contribution in [0.4, 0.5) is 0 Å². The summed E-state index contributed by atoms with van der Waals surface area (Å²) in [5.74, 6) is 0.172. The topological polar surface area (TPSA) is 79.9 Å². The van der Waals surface area contributed by atoms with Crippen LogP contribution in [-0.2, 0) is 22.7 Å². The molecule has 3 aromatic rings. The van der Waals surface area contributed by atoms with Crippen LogP contribution in [0.5, 0.6) is 0 Å². The van der Waals surface area contributed by atoms with E-state index in [9.17, 15) is 9.59 Å². The Morgan fingerprint density at radius 2 is 2.23 bits per heavy atom. The van der Waals surface area contributed by atoms with Crippen molar-refractivity contribution in [3.8, 4) is 0 Å². The van der Waals surface area contributed by atoms with Crippen molar-refractivity contribution in [2.24, 2.45) is 5.92 Å². The molecule has 134 valence electrons. The van der Waals surface area contributed by atoms with Crippen LogP contribution < -0.4 is 5.32 Å². The Labute approximate surface area is 154 Å². The number of imidazole rings is 1. The van der Waals surface area contributed by atoms with Crippen LogP contribution in [0.15, 0.2) is 47.3 Å². The van der Waals surface area contributed by atoms with Crippen LogP contribution in [0.3, 0.4) is 0 Å². The van der Waals surface area contributed by atoms with Gasteiger partial charge in [0, 0.05) is 25.4 Å². The molecule has 0 radical (unpaired) electrons. The molecular formula is C18H17ClN4O3.